The van der Waals surface area contributed by atoms with E-state index in [1.807, 2.05) is 0 Å². The molecular weight excluding hydrogens is 321 g/mol. The number of hydrogen-bond acceptors (Lipinski definition) is 3. The Balaban J connectivity index is 2.34. The van der Waals surface area contributed by atoms with E-state index in [0.717, 1.165) is 0 Å². The third kappa shape index (κ3) is 6.84. The molecule has 1 aromatic carbocycles. The van der Waals surface area contributed by atoms with Crippen LogP contribution in [0.5, 0.6) is 0 Å². The average molecular weight is 334 g/mol. The Hall–Kier alpha value is -1.17. The van der Waals surface area contributed by atoms with Crippen LogP contribution in [0.1, 0.15) is 5.56 Å². The van der Waals surface area contributed by atoms with E-state index < -0.39 is 5.97 Å². The fourth-order valence-corrected chi connectivity index (χ4v) is 2.30. The summed E-state index contributed by atoms with van der Waals surface area (Å²) in [6, 6.07) is 5.01. The van der Waals surface area contributed by atoms with E-state index in [2.05, 4.69) is 5.32 Å². The molecule has 20 heavy (non-hydrogen) atoms. The molecule has 0 saturated carbocycles. The van der Waals surface area contributed by atoms with Crippen LogP contribution < -0.4 is 5.32 Å². The molecule has 0 heterocycles. The van der Waals surface area contributed by atoms with E-state index in [1.165, 1.54) is 17.8 Å². The molecule has 2 N–H and O–H groups in total. The maximum Gasteiger partial charge on any atom is 0.313 e. The van der Waals surface area contributed by atoms with Crippen molar-refractivity contribution in [3.05, 3.63) is 39.9 Å². The maximum atomic E-state index is 11.5. The van der Waals surface area contributed by atoms with Crippen LogP contribution in [-0.2, 0) is 9.59 Å². The van der Waals surface area contributed by atoms with Crippen LogP contribution in [0.2, 0.25) is 10.0 Å². The quantitative estimate of drug-likeness (QED) is 0.594. The van der Waals surface area contributed by atoms with E-state index in [4.69, 9.17) is 28.3 Å². The van der Waals surface area contributed by atoms with Gasteiger partial charge in [0.05, 0.1) is 5.75 Å². The molecule has 108 valence electrons. The zero-order valence-corrected chi connectivity index (χ0v) is 12.8. The third-order valence-corrected chi connectivity index (χ3v) is 3.65. The van der Waals surface area contributed by atoms with Gasteiger partial charge >= 0.3 is 5.97 Å². The minimum Gasteiger partial charge on any atom is -0.481 e. The summed E-state index contributed by atoms with van der Waals surface area (Å²) in [6.07, 6.45) is 2.97. The Morgan fingerprint density at radius 1 is 1.35 bits per heavy atom. The fourth-order valence-electron chi connectivity index (χ4n) is 1.27. The molecule has 0 unspecified atom stereocenters. The van der Waals surface area contributed by atoms with Crippen molar-refractivity contribution >= 4 is 52.9 Å². The second-order valence-electron chi connectivity index (χ2n) is 3.74. The minimum atomic E-state index is -0.862. The molecule has 1 rings (SSSR count). The number of carboxylic acid groups (broad SMARTS) is 1. The van der Waals surface area contributed by atoms with Crippen molar-refractivity contribution in [2.75, 3.05) is 18.1 Å². The molecule has 0 fully saturated rings. The van der Waals surface area contributed by atoms with Gasteiger partial charge in [0.1, 0.15) is 0 Å². The largest absolute Gasteiger partial charge is 0.481 e. The first-order valence-corrected chi connectivity index (χ1v) is 7.60. The number of hydrogen-bond donors (Lipinski definition) is 2. The van der Waals surface area contributed by atoms with Gasteiger partial charge < -0.3 is 10.4 Å². The van der Waals surface area contributed by atoms with Crippen molar-refractivity contribution in [2.45, 2.75) is 0 Å². The van der Waals surface area contributed by atoms with Gasteiger partial charge in [0.15, 0.2) is 0 Å². The number of halogens is 2. The first kappa shape index (κ1) is 16.9. The number of carbonyl (C=O) groups excluding carboxylic acids is 1. The molecule has 0 aliphatic rings. The molecule has 0 bridgehead atoms. The standard InChI is InChI=1S/C13H13Cl2NO3S/c14-10-3-1-9(11(15)7-10)2-4-12(17)16-5-6-20-8-13(18)19/h1-4,7H,5-6,8H2,(H,16,17)(H,18,19)/b4-2+. The predicted molar refractivity (Wildman–Crippen MR) is 83.5 cm³/mol. The van der Waals surface area contributed by atoms with E-state index in [0.29, 0.717) is 27.9 Å². The second-order valence-corrected chi connectivity index (χ2v) is 5.69. The number of thioether (sulfide) groups is 1. The number of benzene rings is 1. The first-order chi connectivity index (χ1) is 9.49. The Labute approximate surface area is 131 Å². The zero-order chi connectivity index (χ0) is 15.0. The van der Waals surface area contributed by atoms with E-state index in [-0.39, 0.29) is 11.7 Å². The monoisotopic (exact) mass is 333 g/mol. The van der Waals surface area contributed by atoms with Crippen molar-refractivity contribution in [3.8, 4) is 0 Å². The van der Waals surface area contributed by atoms with Gasteiger partial charge in [0.2, 0.25) is 5.91 Å². The molecule has 0 aromatic heterocycles. The Bertz CT molecular complexity index is 520. The van der Waals surface area contributed by atoms with Crippen LogP contribution in [-0.4, -0.2) is 35.0 Å². The lowest BCUT2D eigenvalue weighted by atomic mass is 10.2. The van der Waals surface area contributed by atoms with Gasteiger partial charge in [-0.1, -0.05) is 29.3 Å². The van der Waals surface area contributed by atoms with Gasteiger partial charge in [0, 0.05) is 28.4 Å². The second kappa shape index (κ2) is 8.89. The Kier molecular flexibility index (Phi) is 7.51. The molecule has 0 atom stereocenters. The molecule has 7 heteroatoms. The van der Waals surface area contributed by atoms with Crippen LogP contribution in [0.3, 0.4) is 0 Å². The van der Waals surface area contributed by atoms with Gasteiger partial charge in [-0.25, -0.2) is 0 Å². The maximum absolute atomic E-state index is 11.5. The van der Waals surface area contributed by atoms with Crippen molar-refractivity contribution in [1.82, 2.24) is 5.32 Å². The van der Waals surface area contributed by atoms with Crippen LogP contribution in [0, 0.1) is 0 Å². The molecule has 1 amide bonds. The highest BCUT2D eigenvalue weighted by Gasteiger charge is 2.00. The highest BCUT2D eigenvalue weighted by atomic mass is 35.5. The highest BCUT2D eigenvalue weighted by Crippen LogP contribution is 2.21. The molecule has 4 nitrogen and oxygen atoms in total. The van der Waals surface area contributed by atoms with Crippen LogP contribution in [0.4, 0.5) is 0 Å². The van der Waals surface area contributed by atoms with Crippen LogP contribution in [0.15, 0.2) is 24.3 Å². The lowest BCUT2D eigenvalue weighted by molar-refractivity contribution is -0.133. The summed E-state index contributed by atoms with van der Waals surface area (Å²) in [5.41, 5.74) is 0.700. The number of rotatable bonds is 7. The van der Waals surface area contributed by atoms with Crippen molar-refractivity contribution < 1.29 is 14.7 Å². The number of amides is 1. The SMILES string of the molecule is O=C(O)CSCCNC(=O)/C=C/c1ccc(Cl)cc1Cl. The highest BCUT2D eigenvalue weighted by molar-refractivity contribution is 7.99. The molecule has 0 spiro atoms. The van der Waals surface area contributed by atoms with E-state index in [1.54, 1.807) is 24.3 Å². The van der Waals surface area contributed by atoms with Gasteiger partial charge in [0.25, 0.3) is 0 Å². The number of carboxylic acids is 1. The number of aliphatic carboxylic acids is 1. The van der Waals surface area contributed by atoms with Gasteiger partial charge in [-0.05, 0) is 23.8 Å². The van der Waals surface area contributed by atoms with Gasteiger partial charge in [-0.15, -0.1) is 11.8 Å². The minimum absolute atomic E-state index is 0.0338. The molecule has 0 aliphatic heterocycles. The topological polar surface area (TPSA) is 66.4 Å². The zero-order valence-electron chi connectivity index (χ0n) is 10.4. The molecule has 0 saturated heterocycles. The fraction of sp³-hybridized carbons (Fsp3) is 0.231. The summed E-state index contributed by atoms with van der Waals surface area (Å²) >= 11 is 13.0. The smallest absolute Gasteiger partial charge is 0.313 e. The average Bonchev–Trinajstić information content (AvgIpc) is 2.37. The van der Waals surface area contributed by atoms with Gasteiger partial charge in [-0.2, -0.15) is 0 Å². The summed E-state index contributed by atoms with van der Waals surface area (Å²) in [5, 5.41) is 12.1. The Morgan fingerprint density at radius 2 is 2.10 bits per heavy atom. The van der Waals surface area contributed by atoms with Gasteiger partial charge in [-0.3, -0.25) is 9.59 Å². The molecular formula is C13H13Cl2NO3S. The van der Waals surface area contributed by atoms with Crippen molar-refractivity contribution in [1.29, 1.82) is 0 Å². The van der Waals surface area contributed by atoms with Crippen LogP contribution >= 0.6 is 35.0 Å². The van der Waals surface area contributed by atoms with Crippen LogP contribution in [0.25, 0.3) is 6.08 Å². The molecule has 0 aliphatic carbocycles. The molecule has 0 radical (unpaired) electrons. The summed E-state index contributed by atoms with van der Waals surface area (Å²) < 4.78 is 0. The summed E-state index contributed by atoms with van der Waals surface area (Å²) in [5.74, 6) is -0.537. The third-order valence-electron chi connectivity index (χ3n) is 2.15. The predicted octanol–water partition coefficient (Wildman–Crippen LogP) is 2.94. The molecule has 1 aromatic rings. The summed E-state index contributed by atoms with van der Waals surface area (Å²) in [4.78, 5) is 21.8. The lowest BCUT2D eigenvalue weighted by Crippen LogP contribution is -2.23. The first-order valence-electron chi connectivity index (χ1n) is 5.69. The Morgan fingerprint density at radius 3 is 2.75 bits per heavy atom. The van der Waals surface area contributed by atoms with Crippen molar-refractivity contribution in [2.24, 2.45) is 0 Å². The normalized spacial score (nSPS) is 10.7. The lowest BCUT2D eigenvalue weighted by Gasteiger charge is -2.01. The van der Waals surface area contributed by atoms with E-state index >= 15 is 0 Å². The summed E-state index contributed by atoms with van der Waals surface area (Å²) in [7, 11) is 0. The summed E-state index contributed by atoms with van der Waals surface area (Å²) in [6.45, 7) is 0.412. The number of nitrogens with one attached hydrogen (secondary N) is 1. The van der Waals surface area contributed by atoms with E-state index in [9.17, 15) is 9.59 Å². The number of carbonyl (C=O) groups is 2. The van der Waals surface area contributed by atoms with Crippen molar-refractivity contribution in [3.63, 3.8) is 0 Å².